The molecule has 1 aliphatic rings. The van der Waals surface area contributed by atoms with Crippen LogP contribution in [0.25, 0.3) is 0 Å². The van der Waals surface area contributed by atoms with Crippen LogP contribution in [0, 0.1) is 5.41 Å². The molecule has 0 unspecified atom stereocenters. The Bertz CT molecular complexity index is 198. The largest absolute Gasteiger partial charge is 0.481 e. The first-order chi connectivity index (χ1) is 6.56. The summed E-state index contributed by atoms with van der Waals surface area (Å²) in [6, 6.07) is 0. The van der Waals surface area contributed by atoms with Gasteiger partial charge in [-0.2, -0.15) is 0 Å². The van der Waals surface area contributed by atoms with Crippen molar-refractivity contribution < 1.29 is 15.0 Å². The monoisotopic (exact) mass is 201 g/mol. The Hall–Kier alpha value is -0.610. The van der Waals surface area contributed by atoms with Crippen LogP contribution >= 0.6 is 0 Å². The van der Waals surface area contributed by atoms with Crippen molar-refractivity contribution in [3.8, 4) is 0 Å². The van der Waals surface area contributed by atoms with Gasteiger partial charge >= 0.3 is 5.97 Å². The number of carbonyl (C=O) groups is 1. The number of carboxylic acids is 1. The first-order valence-electron chi connectivity index (χ1n) is 5.11. The van der Waals surface area contributed by atoms with Crippen LogP contribution in [0.5, 0.6) is 0 Å². The van der Waals surface area contributed by atoms with E-state index in [0.29, 0.717) is 6.54 Å². The molecule has 4 nitrogen and oxygen atoms in total. The number of hydrogen-bond donors (Lipinski definition) is 2. The van der Waals surface area contributed by atoms with Gasteiger partial charge in [-0.15, -0.1) is 0 Å². The lowest BCUT2D eigenvalue weighted by Gasteiger charge is -2.37. The van der Waals surface area contributed by atoms with Crippen LogP contribution in [0.2, 0.25) is 0 Å². The van der Waals surface area contributed by atoms with Gasteiger partial charge in [0, 0.05) is 13.2 Å². The predicted molar refractivity (Wildman–Crippen MR) is 53.1 cm³/mol. The van der Waals surface area contributed by atoms with E-state index in [0.717, 1.165) is 25.9 Å². The molecule has 1 aliphatic heterocycles. The molecule has 0 aromatic rings. The molecular formula is C10H19NO3. The fourth-order valence-electron chi connectivity index (χ4n) is 1.73. The van der Waals surface area contributed by atoms with Gasteiger partial charge in [0.05, 0.1) is 6.42 Å². The molecule has 0 aliphatic carbocycles. The van der Waals surface area contributed by atoms with Gasteiger partial charge in [0.15, 0.2) is 0 Å². The van der Waals surface area contributed by atoms with Gasteiger partial charge in [0.1, 0.15) is 0 Å². The van der Waals surface area contributed by atoms with E-state index in [1.54, 1.807) is 0 Å². The summed E-state index contributed by atoms with van der Waals surface area (Å²) in [4.78, 5) is 12.5. The Kier molecular flexibility index (Phi) is 3.89. The summed E-state index contributed by atoms with van der Waals surface area (Å²) in [7, 11) is 0. The van der Waals surface area contributed by atoms with Gasteiger partial charge in [-0.05, 0) is 31.3 Å². The molecule has 1 heterocycles. The smallest absolute Gasteiger partial charge is 0.304 e. The zero-order valence-corrected chi connectivity index (χ0v) is 8.70. The Morgan fingerprint density at radius 3 is 2.43 bits per heavy atom. The number of nitrogens with zero attached hydrogens (tertiary/aromatic N) is 1. The molecule has 2 N–H and O–H groups in total. The number of aliphatic carboxylic acids is 1. The molecule has 1 fully saturated rings. The third-order valence-electron chi connectivity index (χ3n) is 3.09. The van der Waals surface area contributed by atoms with Crippen LogP contribution in [-0.4, -0.2) is 47.3 Å². The van der Waals surface area contributed by atoms with Crippen LogP contribution in [0.3, 0.4) is 0 Å². The van der Waals surface area contributed by atoms with Gasteiger partial charge in [0.2, 0.25) is 0 Å². The molecule has 0 radical (unpaired) electrons. The molecule has 0 spiro atoms. The molecule has 0 amide bonds. The molecular weight excluding hydrogens is 182 g/mol. The first-order valence-corrected chi connectivity index (χ1v) is 5.11. The number of aliphatic hydroxyl groups excluding tert-OH is 1. The number of piperidine rings is 1. The van der Waals surface area contributed by atoms with Crippen molar-refractivity contribution in [1.82, 2.24) is 4.90 Å². The summed E-state index contributed by atoms with van der Waals surface area (Å²) in [6.45, 7) is 4.77. The second-order valence-electron chi connectivity index (χ2n) is 4.45. The molecule has 14 heavy (non-hydrogen) atoms. The minimum atomic E-state index is -0.736. The van der Waals surface area contributed by atoms with E-state index in [1.807, 2.05) is 0 Å². The van der Waals surface area contributed by atoms with E-state index in [1.165, 1.54) is 0 Å². The van der Waals surface area contributed by atoms with Crippen molar-refractivity contribution >= 4 is 5.97 Å². The number of carboxylic acid groups (broad SMARTS) is 1. The van der Waals surface area contributed by atoms with Crippen LogP contribution in [0.4, 0.5) is 0 Å². The quantitative estimate of drug-likeness (QED) is 0.697. The lowest BCUT2D eigenvalue weighted by molar-refractivity contribution is -0.137. The predicted octanol–water partition coefficient (Wildman–Crippen LogP) is 0.555. The molecule has 82 valence electrons. The standard InChI is InChI=1S/C10H19NO3/c1-10(8-12)3-6-11(7-4-10)5-2-9(13)14/h12H,2-8H2,1H3,(H,13,14). The van der Waals surface area contributed by atoms with Crippen molar-refractivity contribution in [2.24, 2.45) is 5.41 Å². The van der Waals surface area contributed by atoms with E-state index in [2.05, 4.69) is 11.8 Å². The number of hydrogen-bond acceptors (Lipinski definition) is 3. The molecule has 1 saturated heterocycles. The van der Waals surface area contributed by atoms with Gasteiger partial charge in [-0.3, -0.25) is 4.79 Å². The molecule has 0 saturated carbocycles. The van der Waals surface area contributed by atoms with Crippen molar-refractivity contribution in [2.75, 3.05) is 26.2 Å². The summed E-state index contributed by atoms with van der Waals surface area (Å²) in [6.07, 6.45) is 2.14. The zero-order valence-electron chi connectivity index (χ0n) is 8.70. The highest BCUT2D eigenvalue weighted by atomic mass is 16.4. The van der Waals surface area contributed by atoms with Crippen molar-refractivity contribution in [1.29, 1.82) is 0 Å². The summed E-state index contributed by atoms with van der Waals surface area (Å²) >= 11 is 0. The Morgan fingerprint density at radius 1 is 1.43 bits per heavy atom. The van der Waals surface area contributed by atoms with E-state index < -0.39 is 5.97 Å². The fraction of sp³-hybridized carbons (Fsp3) is 0.900. The van der Waals surface area contributed by atoms with Gasteiger partial charge in [0.25, 0.3) is 0 Å². The number of likely N-dealkylation sites (tertiary alicyclic amines) is 1. The molecule has 0 aromatic heterocycles. The summed E-state index contributed by atoms with van der Waals surface area (Å²) < 4.78 is 0. The third-order valence-corrected chi connectivity index (χ3v) is 3.09. The molecule has 0 aromatic carbocycles. The van der Waals surface area contributed by atoms with Gasteiger partial charge < -0.3 is 15.1 Å². The zero-order chi connectivity index (χ0) is 10.6. The average molecular weight is 201 g/mol. The van der Waals surface area contributed by atoms with Crippen LogP contribution in [0.15, 0.2) is 0 Å². The highest BCUT2D eigenvalue weighted by Crippen LogP contribution is 2.29. The van der Waals surface area contributed by atoms with Crippen LogP contribution in [-0.2, 0) is 4.79 Å². The van der Waals surface area contributed by atoms with Crippen LogP contribution < -0.4 is 0 Å². The number of rotatable bonds is 4. The van der Waals surface area contributed by atoms with Gasteiger partial charge in [-0.1, -0.05) is 6.92 Å². The van der Waals surface area contributed by atoms with E-state index in [9.17, 15) is 4.79 Å². The van der Waals surface area contributed by atoms with Crippen molar-refractivity contribution in [3.05, 3.63) is 0 Å². The lowest BCUT2D eigenvalue weighted by atomic mass is 9.81. The van der Waals surface area contributed by atoms with Crippen LogP contribution in [0.1, 0.15) is 26.2 Å². The highest BCUT2D eigenvalue weighted by molar-refractivity contribution is 5.66. The molecule has 4 heteroatoms. The van der Waals surface area contributed by atoms with E-state index in [4.69, 9.17) is 10.2 Å². The maximum Gasteiger partial charge on any atom is 0.304 e. The van der Waals surface area contributed by atoms with Crippen molar-refractivity contribution in [2.45, 2.75) is 26.2 Å². The van der Waals surface area contributed by atoms with Crippen molar-refractivity contribution in [3.63, 3.8) is 0 Å². The SMILES string of the molecule is CC1(CO)CCN(CCC(=O)O)CC1. The average Bonchev–Trinajstić information content (AvgIpc) is 2.17. The molecule has 1 rings (SSSR count). The first kappa shape index (κ1) is 11.5. The van der Waals surface area contributed by atoms with E-state index >= 15 is 0 Å². The minimum Gasteiger partial charge on any atom is -0.481 e. The summed E-state index contributed by atoms with van der Waals surface area (Å²) in [5.74, 6) is -0.736. The Morgan fingerprint density at radius 2 is 2.00 bits per heavy atom. The summed E-state index contributed by atoms with van der Waals surface area (Å²) in [5.41, 5.74) is 0.0553. The normalized spacial score (nSPS) is 22.1. The Balaban J connectivity index is 2.25. The van der Waals surface area contributed by atoms with Gasteiger partial charge in [-0.25, -0.2) is 0 Å². The highest BCUT2D eigenvalue weighted by Gasteiger charge is 2.29. The second-order valence-corrected chi connectivity index (χ2v) is 4.45. The minimum absolute atomic E-state index is 0.0553. The number of aliphatic hydroxyl groups is 1. The van der Waals surface area contributed by atoms with E-state index in [-0.39, 0.29) is 18.4 Å². The Labute approximate surface area is 84.5 Å². The topological polar surface area (TPSA) is 60.8 Å². The maximum atomic E-state index is 10.4. The third kappa shape index (κ3) is 3.27. The molecule has 0 bridgehead atoms. The fourth-order valence-corrected chi connectivity index (χ4v) is 1.73. The second kappa shape index (κ2) is 4.75. The maximum absolute atomic E-state index is 10.4. The molecule has 0 atom stereocenters. The lowest BCUT2D eigenvalue weighted by Crippen LogP contribution is -2.41. The summed E-state index contributed by atoms with van der Waals surface area (Å²) in [5, 5.41) is 17.7.